The largest absolute Gasteiger partial charge is 0.493 e. The first-order valence-electron chi connectivity index (χ1n) is 12.0. The molecule has 1 aromatic heterocycles. The van der Waals surface area contributed by atoms with Gasteiger partial charge in [0, 0.05) is 11.6 Å². The van der Waals surface area contributed by atoms with Crippen molar-refractivity contribution in [3.63, 3.8) is 0 Å². The van der Waals surface area contributed by atoms with Crippen LogP contribution in [0.3, 0.4) is 0 Å². The predicted octanol–water partition coefficient (Wildman–Crippen LogP) is 5.84. The lowest BCUT2D eigenvalue weighted by Gasteiger charge is -2.33. The monoisotopic (exact) mass is 527 g/mol. The van der Waals surface area contributed by atoms with Gasteiger partial charge in [-0.25, -0.2) is 4.79 Å². The molecule has 0 bridgehead atoms. The minimum atomic E-state index is -0.462. The van der Waals surface area contributed by atoms with Crippen LogP contribution in [0.2, 0.25) is 0 Å². The number of esters is 1. The number of hydrogen-bond acceptors (Lipinski definition) is 8. The normalized spacial score (nSPS) is 20.8. The summed E-state index contributed by atoms with van der Waals surface area (Å²) in [6, 6.07) is 8.94. The summed E-state index contributed by atoms with van der Waals surface area (Å²) in [7, 11) is 1.53. The highest BCUT2D eigenvalue weighted by atomic mass is 32.2. The summed E-state index contributed by atoms with van der Waals surface area (Å²) in [5.74, 6) is 1.87. The molecule has 4 rings (SSSR count). The van der Waals surface area contributed by atoms with E-state index in [2.05, 4.69) is 19.1 Å². The Morgan fingerprint density at radius 1 is 1.25 bits per heavy atom. The maximum Gasteiger partial charge on any atom is 0.344 e. The molecule has 1 aliphatic heterocycles. The van der Waals surface area contributed by atoms with E-state index in [1.807, 2.05) is 12.1 Å². The topological polar surface area (TPSA) is 78.2 Å². The van der Waals surface area contributed by atoms with E-state index in [0.29, 0.717) is 38.2 Å². The molecule has 36 heavy (non-hydrogen) atoms. The van der Waals surface area contributed by atoms with E-state index >= 15 is 0 Å². The Bertz CT molecular complexity index is 1200. The third kappa shape index (κ3) is 5.68. The van der Waals surface area contributed by atoms with Crippen LogP contribution in [0.25, 0.3) is 17.4 Å². The van der Waals surface area contributed by atoms with E-state index in [-0.39, 0.29) is 25.2 Å². The van der Waals surface area contributed by atoms with Crippen molar-refractivity contribution in [3.05, 3.63) is 53.1 Å². The predicted molar refractivity (Wildman–Crippen MR) is 144 cm³/mol. The zero-order chi connectivity index (χ0) is 25.7. The molecule has 1 aromatic carbocycles. The van der Waals surface area contributed by atoms with Gasteiger partial charge >= 0.3 is 5.97 Å². The number of methoxy groups -OCH3 is 1. The van der Waals surface area contributed by atoms with Gasteiger partial charge in [0.1, 0.15) is 15.8 Å². The van der Waals surface area contributed by atoms with E-state index in [4.69, 9.17) is 30.8 Å². The molecular weight excluding hydrogens is 498 g/mol. The van der Waals surface area contributed by atoms with Crippen LogP contribution in [0.4, 0.5) is 0 Å². The number of hydrogen-bond donors (Lipinski definition) is 0. The molecule has 7 nitrogen and oxygen atoms in total. The summed E-state index contributed by atoms with van der Waals surface area (Å²) in [4.78, 5) is 27.2. The number of carbonyl (C=O) groups excluding carboxylic acids is 2. The molecule has 1 fully saturated rings. The molecule has 1 amide bonds. The van der Waals surface area contributed by atoms with Crippen LogP contribution >= 0.6 is 24.0 Å². The fourth-order valence-corrected chi connectivity index (χ4v) is 5.68. The fraction of sp³-hybridized carbons (Fsp3) is 0.370. The molecule has 2 unspecified atom stereocenters. The van der Waals surface area contributed by atoms with Crippen molar-refractivity contribution >= 4 is 46.3 Å². The number of amides is 1. The van der Waals surface area contributed by atoms with Gasteiger partial charge in [-0.2, -0.15) is 0 Å². The molecule has 2 aliphatic rings. The molecule has 1 aliphatic carbocycles. The Morgan fingerprint density at radius 2 is 2.08 bits per heavy atom. The maximum atomic E-state index is 13.3. The molecule has 0 saturated carbocycles. The van der Waals surface area contributed by atoms with E-state index in [1.54, 1.807) is 36.1 Å². The summed E-state index contributed by atoms with van der Waals surface area (Å²) in [5, 5.41) is 0. The van der Waals surface area contributed by atoms with Crippen molar-refractivity contribution in [1.29, 1.82) is 0 Å². The van der Waals surface area contributed by atoms with Crippen LogP contribution in [0, 0.1) is 5.92 Å². The Morgan fingerprint density at radius 3 is 2.83 bits per heavy atom. The fourth-order valence-electron chi connectivity index (χ4n) is 4.35. The summed E-state index contributed by atoms with van der Waals surface area (Å²) in [5.41, 5.74) is 0.736. The first kappa shape index (κ1) is 26.0. The summed E-state index contributed by atoms with van der Waals surface area (Å²) < 4.78 is 22.5. The minimum absolute atomic E-state index is 0.00152. The Kier molecular flexibility index (Phi) is 8.53. The minimum Gasteiger partial charge on any atom is -0.493 e. The summed E-state index contributed by atoms with van der Waals surface area (Å²) in [6.45, 7) is 3.94. The second-order valence-corrected chi connectivity index (χ2v) is 10.1. The Hall–Kier alpha value is -3.04. The molecule has 0 N–H and O–H groups in total. The zero-order valence-electron chi connectivity index (χ0n) is 20.5. The van der Waals surface area contributed by atoms with E-state index in [1.165, 1.54) is 18.9 Å². The van der Waals surface area contributed by atoms with Gasteiger partial charge in [-0.15, -0.1) is 0 Å². The number of rotatable bonds is 9. The van der Waals surface area contributed by atoms with Gasteiger partial charge in [0.2, 0.25) is 0 Å². The number of carbonyl (C=O) groups is 2. The quantitative estimate of drug-likeness (QED) is 0.174. The van der Waals surface area contributed by atoms with Gasteiger partial charge in [0.05, 0.1) is 24.7 Å². The van der Waals surface area contributed by atoms with Crippen molar-refractivity contribution in [1.82, 2.24) is 4.90 Å². The van der Waals surface area contributed by atoms with Crippen LogP contribution in [0.1, 0.15) is 38.9 Å². The Labute approximate surface area is 220 Å². The highest BCUT2D eigenvalue weighted by Gasteiger charge is 2.39. The number of benzene rings is 1. The molecular formula is C27H29NO6S2. The molecule has 2 atom stereocenters. The SMILES string of the molecule is CCOC(=O)COc1cc(-c2ccc(/C=C3\SC(=S)N(C4C=CCCC4CC)C3=O)o2)ccc1OC. The summed E-state index contributed by atoms with van der Waals surface area (Å²) >= 11 is 6.88. The molecule has 0 radical (unpaired) electrons. The van der Waals surface area contributed by atoms with Crippen molar-refractivity contribution in [3.8, 4) is 22.8 Å². The van der Waals surface area contributed by atoms with Crippen LogP contribution in [0.15, 0.2) is 51.8 Å². The highest BCUT2D eigenvalue weighted by molar-refractivity contribution is 8.26. The summed E-state index contributed by atoms with van der Waals surface area (Å²) in [6.07, 6.45) is 9.08. The van der Waals surface area contributed by atoms with Crippen molar-refractivity contribution in [2.45, 2.75) is 39.2 Å². The molecule has 0 spiro atoms. The van der Waals surface area contributed by atoms with E-state index < -0.39 is 5.97 Å². The molecule has 190 valence electrons. The number of thiocarbonyl (C=S) groups is 1. The zero-order valence-corrected chi connectivity index (χ0v) is 22.2. The van der Waals surface area contributed by atoms with Crippen molar-refractivity contribution < 1.29 is 28.2 Å². The standard InChI is InChI=1S/C27H29NO6S2/c1-4-17-8-6-7-9-20(17)28-26(30)24(36-27(28)35)15-19-11-13-21(34-19)18-10-12-22(31-3)23(14-18)33-16-25(29)32-5-2/h7,9-15,17,20H,4-6,8,16H2,1-3H3/b24-15-. The number of furan rings is 1. The van der Waals surface area contributed by atoms with Crippen LogP contribution < -0.4 is 9.47 Å². The van der Waals surface area contributed by atoms with E-state index in [0.717, 1.165) is 24.8 Å². The average Bonchev–Trinajstić information content (AvgIpc) is 3.46. The van der Waals surface area contributed by atoms with Crippen molar-refractivity contribution in [2.24, 2.45) is 5.92 Å². The number of ether oxygens (including phenoxy) is 3. The third-order valence-corrected chi connectivity index (χ3v) is 7.50. The lowest BCUT2D eigenvalue weighted by molar-refractivity contribution is -0.145. The van der Waals surface area contributed by atoms with Gasteiger partial charge in [-0.1, -0.05) is 49.5 Å². The van der Waals surface area contributed by atoms with Crippen molar-refractivity contribution in [2.75, 3.05) is 20.3 Å². The Balaban J connectivity index is 1.52. The smallest absolute Gasteiger partial charge is 0.344 e. The van der Waals surface area contributed by atoms with Gasteiger partial charge in [-0.05, 0) is 56.0 Å². The second-order valence-electron chi connectivity index (χ2n) is 8.38. The number of nitrogens with zero attached hydrogens (tertiary/aromatic N) is 1. The van der Waals surface area contributed by atoms with Gasteiger partial charge in [0.25, 0.3) is 5.91 Å². The van der Waals surface area contributed by atoms with E-state index in [9.17, 15) is 9.59 Å². The first-order valence-corrected chi connectivity index (χ1v) is 13.2. The number of allylic oxidation sites excluding steroid dienone is 1. The maximum absolute atomic E-state index is 13.3. The third-order valence-electron chi connectivity index (χ3n) is 6.17. The second kappa shape index (κ2) is 11.8. The van der Waals surface area contributed by atoms with Gasteiger partial charge in [-0.3, -0.25) is 9.69 Å². The highest BCUT2D eigenvalue weighted by Crippen LogP contribution is 2.39. The molecule has 2 heterocycles. The van der Waals surface area contributed by atoms with Crippen LogP contribution in [-0.4, -0.2) is 47.5 Å². The molecule has 2 aromatic rings. The lowest BCUT2D eigenvalue weighted by atomic mass is 9.86. The van der Waals surface area contributed by atoms with Gasteiger partial charge in [0.15, 0.2) is 18.1 Å². The lowest BCUT2D eigenvalue weighted by Crippen LogP contribution is -2.43. The van der Waals surface area contributed by atoms with Crippen LogP contribution in [0.5, 0.6) is 11.5 Å². The van der Waals surface area contributed by atoms with Gasteiger partial charge < -0.3 is 18.6 Å². The van der Waals surface area contributed by atoms with Crippen LogP contribution in [-0.2, 0) is 14.3 Å². The molecule has 9 heteroatoms. The average molecular weight is 528 g/mol. The first-order chi connectivity index (χ1) is 17.4. The number of thioether (sulfide) groups is 1. The molecule has 1 saturated heterocycles.